The Kier molecular flexibility index (Phi) is 4.36. The summed E-state index contributed by atoms with van der Waals surface area (Å²) < 4.78 is 33.2. The molecule has 3 aromatic rings. The zero-order valence-corrected chi connectivity index (χ0v) is 15.2. The fraction of sp³-hybridized carbons (Fsp3) is 0.235. The first-order valence-electron chi connectivity index (χ1n) is 8.03. The molecule has 136 valence electrons. The number of nitrogens with one attached hydrogen (secondary N) is 2. The van der Waals surface area contributed by atoms with Crippen LogP contribution in [0.4, 0.5) is 0 Å². The lowest BCUT2D eigenvalue weighted by atomic mass is 10.1. The molecule has 1 atom stereocenters. The number of fused-ring (bicyclic) bond motifs is 1. The van der Waals surface area contributed by atoms with Crippen LogP contribution in [0, 0.1) is 0 Å². The maximum absolute atomic E-state index is 13.0. The van der Waals surface area contributed by atoms with Gasteiger partial charge in [-0.05, 0) is 35.9 Å². The van der Waals surface area contributed by atoms with Gasteiger partial charge in [-0.25, -0.2) is 13.2 Å². The van der Waals surface area contributed by atoms with Gasteiger partial charge in [-0.3, -0.25) is 0 Å². The molecule has 1 saturated heterocycles. The summed E-state index contributed by atoms with van der Waals surface area (Å²) >= 11 is 5.91. The number of sulfonamides is 1. The predicted octanol–water partition coefficient (Wildman–Crippen LogP) is 2.27. The van der Waals surface area contributed by atoms with Gasteiger partial charge >= 0.3 is 5.69 Å². The highest BCUT2D eigenvalue weighted by Crippen LogP contribution is 2.28. The number of halogens is 1. The number of benzene rings is 2. The van der Waals surface area contributed by atoms with E-state index in [0.29, 0.717) is 22.7 Å². The average Bonchev–Trinajstić information content (AvgIpc) is 3.01. The van der Waals surface area contributed by atoms with Gasteiger partial charge < -0.3 is 14.7 Å². The Morgan fingerprint density at radius 3 is 2.58 bits per heavy atom. The van der Waals surface area contributed by atoms with Crippen LogP contribution in [0.25, 0.3) is 11.0 Å². The summed E-state index contributed by atoms with van der Waals surface area (Å²) in [6, 6.07) is 11.7. The van der Waals surface area contributed by atoms with E-state index in [4.69, 9.17) is 16.3 Å². The van der Waals surface area contributed by atoms with E-state index in [1.54, 1.807) is 18.2 Å². The lowest BCUT2D eigenvalue weighted by molar-refractivity contribution is -0.00255. The number of morpholine rings is 1. The minimum atomic E-state index is -3.70. The molecule has 9 heteroatoms. The van der Waals surface area contributed by atoms with Crippen molar-refractivity contribution in [3.63, 3.8) is 0 Å². The van der Waals surface area contributed by atoms with Crippen LogP contribution in [0.3, 0.4) is 0 Å². The highest BCUT2D eigenvalue weighted by Gasteiger charge is 2.31. The molecular formula is C17H16ClN3O4S. The number of nitrogens with zero attached hydrogens (tertiary/aromatic N) is 1. The van der Waals surface area contributed by atoms with Crippen LogP contribution in [0.5, 0.6) is 0 Å². The molecule has 0 bridgehead atoms. The van der Waals surface area contributed by atoms with Gasteiger partial charge in [0.1, 0.15) is 0 Å². The summed E-state index contributed by atoms with van der Waals surface area (Å²) in [5, 5.41) is 0.614. The lowest BCUT2D eigenvalue weighted by Gasteiger charge is -2.32. The first-order valence-corrected chi connectivity index (χ1v) is 9.84. The van der Waals surface area contributed by atoms with Crippen molar-refractivity contribution in [2.24, 2.45) is 0 Å². The number of ether oxygens (including phenoxy) is 1. The molecule has 0 spiro atoms. The number of aromatic amines is 2. The normalized spacial score (nSPS) is 19.0. The molecule has 0 aliphatic carbocycles. The van der Waals surface area contributed by atoms with Crippen LogP contribution in [0.1, 0.15) is 11.7 Å². The second-order valence-electron chi connectivity index (χ2n) is 6.06. The fourth-order valence-corrected chi connectivity index (χ4v) is 4.62. The first-order chi connectivity index (χ1) is 12.4. The van der Waals surface area contributed by atoms with Crippen LogP contribution in [-0.4, -0.2) is 42.4 Å². The maximum atomic E-state index is 13.0. The van der Waals surface area contributed by atoms with E-state index >= 15 is 0 Å². The van der Waals surface area contributed by atoms with E-state index in [9.17, 15) is 13.2 Å². The monoisotopic (exact) mass is 393 g/mol. The maximum Gasteiger partial charge on any atom is 0.323 e. The quantitative estimate of drug-likeness (QED) is 0.713. The molecule has 7 nitrogen and oxygen atoms in total. The summed E-state index contributed by atoms with van der Waals surface area (Å²) in [6.45, 7) is 0.787. The van der Waals surface area contributed by atoms with E-state index in [1.807, 2.05) is 12.1 Å². The second kappa shape index (κ2) is 6.55. The molecule has 1 aliphatic rings. The van der Waals surface area contributed by atoms with E-state index < -0.39 is 10.0 Å². The second-order valence-corrected chi connectivity index (χ2v) is 8.43. The van der Waals surface area contributed by atoms with Crippen LogP contribution in [0.15, 0.2) is 52.2 Å². The van der Waals surface area contributed by atoms with Crippen LogP contribution in [-0.2, 0) is 14.8 Å². The zero-order valence-electron chi connectivity index (χ0n) is 13.6. The summed E-state index contributed by atoms with van der Waals surface area (Å²) in [5.74, 6) is 0. The van der Waals surface area contributed by atoms with Gasteiger partial charge in [0, 0.05) is 18.1 Å². The molecule has 0 amide bonds. The molecular weight excluding hydrogens is 378 g/mol. The van der Waals surface area contributed by atoms with Gasteiger partial charge in [0.05, 0.1) is 28.6 Å². The van der Waals surface area contributed by atoms with E-state index in [1.165, 1.54) is 16.4 Å². The van der Waals surface area contributed by atoms with Crippen molar-refractivity contribution in [2.45, 2.75) is 11.0 Å². The minimum Gasteiger partial charge on any atom is -0.371 e. The van der Waals surface area contributed by atoms with Crippen molar-refractivity contribution in [2.75, 3.05) is 19.7 Å². The third kappa shape index (κ3) is 3.16. The topological polar surface area (TPSA) is 95.3 Å². The largest absolute Gasteiger partial charge is 0.371 e. The molecule has 1 fully saturated rings. The Bertz CT molecular complexity index is 1100. The summed E-state index contributed by atoms with van der Waals surface area (Å²) in [4.78, 5) is 16.7. The number of H-pyrrole nitrogens is 2. The van der Waals surface area contributed by atoms with Gasteiger partial charge in [-0.1, -0.05) is 23.7 Å². The Labute approximate surface area is 154 Å². The van der Waals surface area contributed by atoms with Crippen molar-refractivity contribution in [3.05, 3.63) is 63.5 Å². The highest BCUT2D eigenvalue weighted by molar-refractivity contribution is 7.89. The molecule has 2 heterocycles. The van der Waals surface area contributed by atoms with Crippen molar-refractivity contribution in [1.29, 1.82) is 0 Å². The zero-order chi connectivity index (χ0) is 18.3. The van der Waals surface area contributed by atoms with E-state index in [2.05, 4.69) is 9.97 Å². The van der Waals surface area contributed by atoms with Gasteiger partial charge in [0.2, 0.25) is 10.0 Å². The summed E-state index contributed by atoms with van der Waals surface area (Å²) in [6.07, 6.45) is -0.355. The summed E-state index contributed by atoms with van der Waals surface area (Å²) in [5.41, 5.74) is 1.52. The molecule has 26 heavy (non-hydrogen) atoms. The third-order valence-corrected chi connectivity index (χ3v) is 6.51. The molecule has 4 rings (SSSR count). The van der Waals surface area contributed by atoms with E-state index in [0.717, 1.165) is 5.56 Å². The van der Waals surface area contributed by atoms with Gasteiger partial charge in [-0.15, -0.1) is 0 Å². The lowest BCUT2D eigenvalue weighted by Crippen LogP contribution is -2.42. The average molecular weight is 394 g/mol. The Morgan fingerprint density at radius 2 is 1.81 bits per heavy atom. The number of imidazole rings is 1. The van der Waals surface area contributed by atoms with Crippen LogP contribution in [0.2, 0.25) is 5.02 Å². The minimum absolute atomic E-state index is 0.136. The molecule has 2 N–H and O–H groups in total. The molecule has 2 aromatic carbocycles. The summed E-state index contributed by atoms with van der Waals surface area (Å²) in [7, 11) is -3.70. The molecule has 1 aromatic heterocycles. The van der Waals surface area contributed by atoms with E-state index in [-0.39, 0.29) is 29.8 Å². The number of hydrogen-bond acceptors (Lipinski definition) is 4. The van der Waals surface area contributed by atoms with Crippen molar-refractivity contribution < 1.29 is 13.2 Å². The highest BCUT2D eigenvalue weighted by atomic mass is 35.5. The van der Waals surface area contributed by atoms with Gasteiger partial charge in [0.25, 0.3) is 0 Å². The Balaban J connectivity index is 1.63. The molecule has 1 unspecified atom stereocenters. The SMILES string of the molecule is O=c1[nH]c2ccc(S(=O)(=O)N3CCOC(c4ccc(Cl)cc4)C3)cc2[nH]1. The Hall–Kier alpha value is -2.13. The van der Waals surface area contributed by atoms with Gasteiger partial charge in [0.15, 0.2) is 0 Å². The molecule has 0 radical (unpaired) electrons. The van der Waals surface area contributed by atoms with Crippen LogP contribution < -0.4 is 5.69 Å². The van der Waals surface area contributed by atoms with Gasteiger partial charge in [-0.2, -0.15) is 4.31 Å². The standard InChI is InChI=1S/C17H16ClN3O4S/c18-12-3-1-11(2-4-12)16-10-21(7-8-25-16)26(23,24)13-5-6-14-15(9-13)20-17(22)19-14/h1-6,9,16H,7-8,10H2,(H2,19,20,22). The fourth-order valence-electron chi connectivity index (χ4n) is 3.04. The molecule has 1 aliphatic heterocycles. The van der Waals surface area contributed by atoms with Crippen molar-refractivity contribution in [1.82, 2.24) is 14.3 Å². The van der Waals surface area contributed by atoms with Crippen molar-refractivity contribution in [3.8, 4) is 0 Å². The first kappa shape index (κ1) is 17.3. The Morgan fingerprint density at radius 1 is 1.08 bits per heavy atom. The molecule has 0 saturated carbocycles. The van der Waals surface area contributed by atoms with Crippen LogP contribution >= 0.6 is 11.6 Å². The number of rotatable bonds is 3. The smallest absolute Gasteiger partial charge is 0.323 e. The predicted molar refractivity (Wildman–Crippen MR) is 97.8 cm³/mol. The van der Waals surface area contributed by atoms with Crippen molar-refractivity contribution >= 4 is 32.7 Å². The number of aromatic nitrogens is 2. The number of hydrogen-bond donors (Lipinski definition) is 2. The third-order valence-electron chi connectivity index (χ3n) is 4.40.